The van der Waals surface area contributed by atoms with E-state index in [2.05, 4.69) is 10.3 Å². The molecule has 2 rings (SSSR count). The maximum Gasteiger partial charge on any atom is 0.268 e. The maximum atomic E-state index is 12.1. The topological polar surface area (TPSA) is 45.2 Å². The van der Waals surface area contributed by atoms with E-state index in [1.807, 2.05) is 36.7 Å². The van der Waals surface area contributed by atoms with E-state index in [-0.39, 0.29) is 5.91 Å². The largest absolute Gasteiger partial charge is 0.373 e. The van der Waals surface area contributed by atoms with Crippen molar-refractivity contribution >= 4 is 28.7 Å². The number of amides is 1. The Morgan fingerprint density at radius 1 is 1.41 bits per heavy atom. The average molecular weight is 247 g/mol. The van der Waals surface area contributed by atoms with E-state index >= 15 is 0 Å². The highest BCUT2D eigenvalue weighted by Gasteiger charge is 2.14. The molecule has 88 valence electrons. The Morgan fingerprint density at radius 2 is 2.24 bits per heavy atom. The zero-order chi connectivity index (χ0) is 12.3. The van der Waals surface area contributed by atoms with Crippen molar-refractivity contribution in [3.8, 4) is 0 Å². The van der Waals surface area contributed by atoms with Crippen LogP contribution in [0.2, 0.25) is 0 Å². The summed E-state index contributed by atoms with van der Waals surface area (Å²) in [4.78, 5) is 18.6. The Hall–Kier alpha value is -1.88. The zero-order valence-electron chi connectivity index (χ0n) is 9.68. The van der Waals surface area contributed by atoms with Crippen molar-refractivity contribution in [1.82, 2.24) is 4.98 Å². The fourth-order valence-corrected chi connectivity index (χ4v) is 2.11. The highest BCUT2D eigenvalue weighted by atomic mass is 32.1. The van der Waals surface area contributed by atoms with Gasteiger partial charge in [0.1, 0.15) is 5.82 Å². The first-order valence-corrected chi connectivity index (χ1v) is 6.05. The third-order valence-electron chi connectivity index (χ3n) is 2.43. The quantitative estimate of drug-likeness (QED) is 0.906. The Balaban J connectivity index is 2.19. The van der Waals surface area contributed by atoms with Crippen molar-refractivity contribution in [2.75, 3.05) is 24.3 Å². The molecule has 0 atom stereocenters. The third-order valence-corrected chi connectivity index (χ3v) is 3.29. The first-order valence-electron chi connectivity index (χ1n) is 5.17. The van der Waals surface area contributed by atoms with Gasteiger partial charge in [0.2, 0.25) is 0 Å². The first-order chi connectivity index (χ1) is 8.22. The summed E-state index contributed by atoms with van der Waals surface area (Å²) in [6, 6.07) is 7.39. The van der Waals surface area contributed by atoms with Gasteiger partial charge in [-0.05, 0) is 23.6 Å². The number of aromatic nitrogens is 1. The lowest BCUT2D eigenvalue weighted by Gasteiger charge is -2.16. The molecule has 0 aliphatic rings. The monoisotopic (exact) mass is 247 g/mol. The van der Waals surface area contributed by atoms with Gasteiger partial charge < -0.3 is 10.2 Å². The number of nitrogens with zero attached hydrogens (tertiary/aromatic N) is 2. The van der Waals surface area contributed by atoms with Crippen LogP contribution in [0.1, 0.15) is 9.67 Å². The van der Waals surface area contributed by atoms with E-state index < -0.39 is 0 Å². The summed E-state index contributed by atoms with van der Waals surface area (Å²) in [6.07, 6.45) is 1.68. The van der Waals surface area contributed by atoms with E-state index in [4.69, 9.17) is 0 Å². The molecule has 0 bridgehead atoms. The molecule has 0 aromatic carbocycles. The van der Waals surface area contributed by atoms with Gasteiger partial charge in [0.15, 0.2) is 0 Å². The summed E-state index contributed by atoms with van der Waals surface area (Å²) >= 11 is 1.44. The number of carbonyl (C=O) groups excluding carboxylic acids is 1. The van der Waals surface area contributed by atoms with Crippen LogP contribution < -0.4 is 10.2 Å². The minimum atomic E-state index is -0.0148. The summed E-state index contributed by atoms with van der Waals surface area (Å²) in [6.45, 7) is 0. The summed E-state index contributed by atoms with van der Waals surface area (Å²) in [7, 11) is 3.56. The number of nitrogens with one attached hydrogen (secondary N) is 1. The van der Waals surface area contributed by atoms with Crippen molar-refractivity contribution in [2.24, 2.45) is 0 Å². The maximum absolute atomic E-state index is 12.1. The fraction of sp³-hybridized carbons (Fsp3) is 0.167. The van der Waals surface area contributed by atoms with Crippen LogP contribution in [0.4, 0.5) is 11.5 Å². The van der Waals surface area contributed by atoms with Gasteiger partial charge in [-0.2, -0.15) is 0 Å². The number of pyridine rings is 1. The average Bonchev–Trinajstić information content (AvgIpc) is 2.91. The standard InChI is InChI=1S/C12H13N3OS/c1-13-11-6-5-9(8-14-11)15(2)12(16)10-4-3-7-17-10/h3-8H,1-2H3,(H,13,14). The predicted octanol–water partition coefficient (Wildman–Crippen LogP) is 2.46. The molecule has 0 unspecified atom stereocenters. The molecule has 0 saturated heterocycles. The lowest BCUT2D eigenvalue weighted by atomic mass is 10.3. The van der Waals surface area contributed by atoms with Gasteiger partial charge in [0.05, 0.1) is 16.8 Å². The lowest BCUT2D eigenvalue weighted by molar-refractivity contribution is 0.0997. The highest BCUT2D eigenvalue weighted by Crippen LogP contribution is 2.18. The summed E-state index contributed by atoms with van der Waals surface area (Å²) in [5.74, 6) is 0.768. The van der Waals surface area contributed by atoms with Crippen molar-refractivity contribution in [1.29, 1.82) is 0 Å². The van der Waals surface area contributed by atoms with Gasteiger partial charge in [0, 0.05) is 14.1 Å². The first kappa shape index (κ1) is 11.6. The smallest absolute Gasteiger partial charge is 0.268 e. The molecule has 5 heteroatoms. The Labute approximate surface area is 104 Å². The molecule has 17 heavy (non-hydrogen) atoms. The van der Waals surface area contributed by atoms with Crippen LogP contribution in [0.15, 0.2) is 35.8 Å². The lowest BCUT2D eigenvalue weighted by Crippen LogP contribution is -2.25. The normalized spacial score (nSPS) is 10.0. The zero-order valence-corrected chi connectivity index (χ0v) is 10.5. The second kappa shape index (κ2) is 4.97. The highest BCUT2D eigenvalue weighted by molar-refractivity contribution is 7.12. The minimum absolute atomic E-state index is 0.0148. The van der Waals surface area contributed by atoms with E-state index in [9.17, 15) is 4.79 Å². The molecule has 0 spiro atoms. The predicted molar refractivity (Wildman–Crippen MR) is 70.8 cm³/mol. The van der Waals surface area contributed by atoms with Gasteiger partial charge in [-0.25, -0.2) is 4.98 Å². The van der Waals surface area contributed by atoms with Gasteiger partial charge in [0.25, 0.3) is 5.91 Å². The Morgan fingerprint density at radius 3 is 2.76 bits per heavy atom. The number of rotatable bonds is 3. The van der Waals surface area contributed by atoms with Crippen molar-refractivity contribution in [2.45, 2.75) is 0 Å². The molecule has 0 radical (unpaired) electrons. The van der Waals surface area contributed by atoms with Gasteiger partial charge in [-0.15, -0.1) is 11.3 Å². The second-order valence-corrected chi connectivity index (χ2v) is 4.44. The minimum Gasteiger partial charge on any atom is -0.373 e. The van der Waals surface area contributed by atoms with E-state index in [0.717, 1.165) is 16.4 Å². The Bertz CT molecular complexity index is 493. The van der Waals surface area contributed by atoms with Crippen LogP contribution in [0.3, 0.4) is 0 Å². The van der Waals surface area contributed by atoms with E-state index in [0.29, 0.717) is 0 Å². The summed E-state index contributed by atoms with van der Waals surface area (Å²) in [5, 5.41) is 4.83. The summed E-state index contributed by atoms with van der Waals surface area (Å²) in [5.41, 5.74) is 0.780. The number of thiophene rings is 1. The van der Waals surface area contributed by atoms with Crippen molar-refractivity contribution < 1.29 is 4.79 Å². The van der Waals surface area contributed by atoms with Crippen molar-refractivity contribution in [3.63, 3.8) is 0 Å². The molecular formula is C12H13N3OS. The SMILES string of the molecule is CNc1ccc(N(C)C(=O)c2cccs2)cn1. The molecule has 0 fully saturated rings. The number of hydrogen-bond donors (Lipinski definition) is 1. The van der Waals surface area contributed by atoms with Gasteiger partial charge >= 0.3 is 0 Å². The van der Waals surface area contributed by atoms with Crippen LogP contribution in [-0.4, -0.2) is 25.0 Å². The van der Waals surface area contributed by atoms with E-state index in [1.165, 1.54) is 11.3 Å². The van der Waals surface area contributed by atoms with Crippen LogP contribution >= 0.6 is 11.3 Å². The molecule has 2 aromatic rings. The molecule has 4 nitrogen and oxygen atoms in total. The molecule has 1 N–H and O–H groups in total. The van der Waals surface area contributed by atoms with Gasteiger partial charge in [-0.1, -0.05) is 6.07 Å². The molecular weight excluding hydrogens is 234 g/mol. The number of hydrogen-bond acceptors (Lipinski definition) is 4. The van der Waals surface area contributed by atoms with E-state index in [1.54, 1.807) is 18.1 Å². The molecule has 1 amide bonds. The second-order valence-electron chi connectivity index (χ2n) is 3.49. The van der Waals surface area contributed by atoms with Gasteiger partial charge in [-0.3, -0.25) is 4.79 Å². The van der Waals surface area contributed by atoms with Crippen LogP contribution in [0, 0.1) is 0 Å². The number of carbonyl (C=O) groups is 1. The molecule has 0 saturated carbocycles. The molecule has 0 aliphatic carbocycles. The molecule has 0 aliphatic heterocycles. The van der Waals surface area contributed by atoms with Crippen LogP contribution in [0.5, 0.6) is 0 Å². The van der Waals surface area contributed by atoms with Crippen molar-refractivity contribution in [3.05, 3.63) is 40.7 Å². The molecule has 2 heterocycles. The van der Waals surface area contributed by atoms with Crippen LogP contribution in [0.25, 0.3) is 0 Å². The molecule has 2 aromatic heterocycles. The fourth-order valence-electron chi connectivity index (χ4n) is 1.42. The van der Waals surface area contributed by atoms with Crippen LogP contribution in [-0.2, 0) is 0 Å². The summed E-state index contributed by atoms with van der Waals surface area (Å²) < 4.78 is 0. The number of anilines is 2. The third kappa shape index (κ3) is 2.45. The Kier molecular flexibility index (Phi) is 3.39.